The van der Waals surface area contributed by atoms with Crippen molar-refractivity contribution in [1.82, 2.24) is 0 Å². The van der Waals surface area contributed by atoms with E-state index in [0.717, 1.165) is 0 Å². The predicted octanol–water partition coefficient (Wildman–Crippen LogP) is 3.68. The van der Waals surface area contributed by atoms with Crippen LogP contribution in [0.1, 0.15) is 5.56 Å². The molecule has 2 rings (SSSR count). The van der Waals surface area contributed by atoms with Gasteiger partial charge in [-0.3, -0.25) is 4.79 Å². The minimum atomic E-state index is -3.85. The van der Waals surface area contributed by atoms with E-state index < -0.39 is 10.0 Å². The number of rotatable bonds is 5. The summed E-state index contributed by atoms with van der Waals surface area (Å²) in [6.45, 7) is 1.63. The molecule has 0 unspecified atom stereocenters. The number of sulfonamides is 1. The monoisotopic (exact) mass is 404 g/mol. The van der Waals surface area contributed by atoms with Crippen molar-refractivity contribution in [1.29, 1.82) is 0 Å². The summed E-state index contributed by atoms with van der Waals surface area (Å²) in [4.78, 5) is 12.6. The molecule has 0 fully saturated rings. The maximum atomic E-state index is 12.1. The van der Waals surface area contributed by atoms with E-state index in [2.05, 4.69) is 5.32 Å². The Bertz CT molecular complexity index is 866. The lowest BCUT2D eigenvalue weighted by atomic mass is 10.2. The van der Waals surface area contributed by atoms with Gasteiger partial charge >= 0.3 is 0 Å². The SMILES string of the molecule is Cc1ccc(NC(=O)CSc2c(Cl)cccc2Cl)cc1S(N)(=O)=O. The van der Waals surface area contributed by atoms with E-state index in [1.807, 2.05) is 0 Å². The summed E-state index contributed by atoms with van der Waals surface area (Å²) in [6, 6.07) is 9.60. The fourth-order valence-corrected chi connectivity index (χ4v) is 4.23. The van der Waals surface area contributed by atoms with Crippen molar-refractivity contribution in [2.24, 2.45) is 5.14 Å². The number of nitrogens with two attached hydrogens (primary N) is 1. The van der Waals surface area contributed by atoms with Gasteiger partial charge in [-0.2, -0.15) is 0 Å². The highest BCUT2D eigenvalue weighted by Crippen LogP contribution is 2.33. The summed E-state index contributed by atoms with van der Waals surface area (Å²) in [5, 5.41) is 8.71. The van der Waals surface area contributed by atoms with Crippen LogP contribution in [0.5, 0.6) is 0 Å². The lowest BCUT2D eigenvalue weighted by Crippen LogP contribution is -2.17. The number of hydrogen-bond acceptors (Lipinski definition) is 4. The Morgan fingerprint density at radius 1 is 1.21 bits per heavy atom. The first-order chi connectivity index (χ1) is 11.2. The van der Waals surface area contributed by atoms with Gasteiger partial charge in [-0.15, -0.1) is 11.8 Å². The van der Waals surface area contributed by atoms with Gasteiger partial charge in [0.05, 0.1) is 20.7 Å². The molecule has 0 saturated carbocycles. The molecule has 128 valence electrons. The first-order valence-corrected chi connectivity index (χ1v) is 9.97. The molecule has 24 heavy (non-hydrogen) atoms. The summed E-state index contributed by atoms with van der Waals surface area (Å²) in [7, 11) is -3.85. The Morgan fingerprint density at radius 2 is 1.83 bits per heavy atom. The quantitative estimate of drug-likeness (QED) is 0.743. The van der Waals surface area contributed by atoms with Crippen molar-refractivity contribution in [3.8, 4) is 0 Å². The first-order valence-electron chi connectivity index (χ1n) is 6.68. The number of anilines is 1. The lowest BCUT2D eigenvalue weighted by Gasteiger charge is -2.10. The zero-order valence-electron chi connectivity index (χ0n) is 12.5. The molecule has 0 radical (unpaired) electrons. The van der Waals surface area contributed by atoms with Gasteiger partial charge in [0.1, 0.15) is 0 Å². The largest absolute Gasteiger partial charge is 0.325 e. The molecule has 0 heterocycles. The lowest BCUT2D eigenvalue weighted by molar-refractivity contribution is -0.113. The third-order valence-corrected chi connectivity index (χ3v) is 6.09. The molecular weight excluding hydrogens is 391 g/mol. The number of hydrogen-bond donors (Lipinski definition) is 2. The highest BCUT2D eigenvalue weighted by Gasteiger charge is 2.14. The van der Waals surface area contributed by atoms with Crippen molar-refractivity contribution < 1.29 is 13.2 Å². The van der Waals surface area contributed by atoms with Gasteiger partial charge in [0, 0.05) is 10.6 Å². The zero-order chi connectivity index (χ0) is 17.9. The van der Waals surface area contributed by atoms with Crippen LogP contribution in [0.25, 0.3) is 0 Å². The highest BCUT2D eigenvalue weighted by atomic mass is 35.5. The Hall–Kier alpha value is -1.25. The summed E-state index contributed by atoms with van der Waals surface area (Å²) < 4.78 is 23.0. The molecule has 0 bridgehead atoms. The molecule has 2 aromatic rings. The summed E-state index contributed by atoms with van der Waals surface area (Å²) in [5.74, 6) is -0.248. The number of amides is 1. The number of benzene rings is 2. The summed E-state index contributed by atoms with van der Waals surface area (Å²) in [5.41, 5.74) is 0.855. The second-order valence-corrected chi connectivity index (χ2v) is 8.24. The molecule has 0 spiro atoms. The van der Waals surface area contributed by atoms with E-state index in [1.165, 1.54) is 17.8 Å². The summed E-state index contributed by atoms with van der Waals surface area (Å²) in [6.07, 6.45) is 0. The van der Waals surface area contributed by atoms with Gasteiger partial charge in [0.25, 0.3) is 0 Å². The number of halogens is 2. The molecule has 0 aliphatic rings. The van der Waals surface area contributed by atoms with Crippen LogP contribution >= 0.6 is 35.0 Å². The molecule has 1 amide bonds. The van der Waals surface area contributed by atoms with E-state index in [1.54, 1.807) is 37.3 Å². The third kappa shape index (κ3) is 4.87. The number of carbonyl (C=O) groups excluding carboxylic acids is 1. The predicted molar refractivity (Wildman–Crippen MR) is 98.4 cm³/mol. The Morgan fingerprint density at radius 3 is 2.42 bits per heavy atom. The molecule has 0 atom stereocenters. The average molecular weight is 405 g/mol. The number of carbonyl (C=O) groups is 1. The number of aryl methyl sites for hydroxylation is 1. The number of nitrogens with one attached hydrogen (secondary N) is 1. The molecule has 0 aliphatic heterocycles. The van der Waals surface area contributed by atoms with Crippen LogP contribution in [0.4, 0.5) is 5.69 Å². The zero-order valence-corrected chi connectivity index (χ0v) is 15.7. The van der Waals surface area contributed by atoms with Gasteiger partial charge in [-0.1, -0.05) is 35.3 Å². The Labute approximate surface area is 154 Å². The standard InChI is InChI=1S/C15H14Cl2N2O3S2/c1-9-5-6-10(7-13(9)24(18,21)22)19-14(20)8-23-15-11(16)3-2-4-12(15)17/h2-7H,8H2,1H3,(H,19,20)(H2,18,21,22). The molecule has 5 nitrogen and oxygen atoms in total. The molecule has 3 N–H and O–H groups in total. The van der Waals surface area contributed by atoms with E-state index in [0.29, 0.717) is 26.2 Å². The van der Waals surface area contributed by atoms with Crippen LogP contribution in [-0.4, -0.2) is 20.1 Å². The Balaban J connectivity index is 2.08. The first kappa shape index (κ1) is 19.1. The minimum Gasteiger partial charge on any atom is -0.325 e. The van der Waals surface area contributed by atoms with Crippen LogP contribution in [0.3, 0.4) is 0 Å². The average Bonchev–Trinajstić information content (AvgIpc) is 2.47. The van der Waals surface area contributed by atoms with Gasteiger partial charge < -0.3 is 5.32 Å². The van der Waals surface area contributed by atoms with Gasteiger partial charge in [0.2, 0.25) is 15.9 Å². The normalized spacial score (nSPS) is 11.3. The Kier molecular flexibility index (Phi) is 6.17. The second-order valence-electron chi connectivity index (χ2n) is 4.91. The van der Waals surface area contributed by atoms with E-state index in [4.69, 9.17) is 28.3 Å². The molecule has 0 aliphatic carbocycles. The van der Waals surface area contributed by atoms with Crippen LogP contribution in [0.2, 0.25) is 10.0 Å². The molecule has 0 saturated heterocycles. The molecule has 9 heteroatoms. The van der Waals surface area contributed by atoms with E-state index >= 15 is 0 Å². The van der Waals surface area contributed by atoms with Crippen molar-refractivity contribution in [3.05, 3.63) is 52.0 Å². The molecule has 0 aromatic heterocycles. The maximum Gasteiger partial charge on any atom is 0.238 e. The van der Waals surface area contributed by atoms with Crippen LogP contribution in [-0.2, 0) is 14.8 Å². The molecular formula is C15H14Cl2N2O3S2. The number of thioether (sulfide) groups is 1. The fourth-order valence-electron chi connectivity index (χ4n) is 1.94. The van der Waals surface area contributed by atoms with Gasteiger partial charge in [0.15, 0.2) is 0 Å². The smallest absolute Gasteiger partial charge is 0.238 e. The van der Waals surface area contributed by atoms with Crippen LogP contribution in [0, 0.1) is 6.92 Å². The van der Waals surface area contributed by atoms with Gasteiger partial charge in [-0.05, 0) is 36.8 Å². The second kappa shape index (κ2) is 7.76. The van der Waals surface area contributed by atoms with Crippen molar-refractivity contribution in [3.63, 3.8) is 0 Å². The number of primary sulfonamides is 1. The van der Waals surface area contributed by atoms with Crippen molar-refractivity contribution >= 4 is 56.6 Å². The molecule has 2 aromatic carbocycles. The van der Waals surface area contributed by atoms with Gasteiger partial charge in [-0.25, -0.2) is 13.6 Å². The van der Waals surface area contributed by atoms with E-state index in [9.17, 15) is 13.2 Å². The topological polar surface area (TPSA) is 89.3 Å². The van der Waals surface area contributed by atoms with Crippen LogP contribution in [0.15, 0.2) is 46.2 Å². The third-order valence-electron chi connectivity index (χ3n) is 3.04. The maximum absolute atomic E-state index is 12.1. The van der Waals surface area contributed by atoms with Crippen molar-refractivity contribution in [2.45, 2.75) is 16.7 Å². The minimum absolute atomic E-state index is 0.0258. The van der Waals surface area contributed by atoms with Crippen molar-refractivity contribution in [2.75, 3.05) is 11.1 Å². The van der Waals surface area contributed by atoms with E-state index in [-0.39, 0.29) is 16.6 Å². The fraction of sp³-hybridized carbons (Fsp3) is 0.133. The van der Waals surface area contributed by atoms with Crippen LogP contribution < -0.4 is 10.5 Å². The highest BCUT2D eigenvalue weighted by molar-refractivity contribution is 8.00. The summed E-state index contributed by atoms with van der Waals surface area (Å²) >= 11 is 13.3.